The lowest BCUT2D eigenvalue weighted by Gasteiger charge is -2.09. The van der Waals surface area contributed by atoms with Gasteiger partial charge in [0.2, 0.25) is 0 Å². The number of ketones is 1. The average Bonchev–Trinajstić information content (AvgIpc) is 2.73. The molecule has 28 heavy (non-hydrogen) atoms. The number of carbonyl (C=O) groups excluding carboxylic acids is 2. The molecule has 0 aliphatic heterocycles. The van der Waals surface area contributed by atoms with Gasteiger partial charge in [0.05, 0.1) is 19.5 Å². The maximum absolute atomic E-state index is 12.3. The predicted molar refractivity (Wildman–Crippen MR) is 106 cm³/mol. The van der Waals surface area contributed by atoms with Gasteiger partial charge >= 0.3 is 0 Å². The monoisotopic (exact) mass is 376 g/mol. The van der Waals surface area contributed by atoms with Crippen molar-refractivity contribution in [1.82, 2.24) is 15.3 Å². The number of nitrogens with one attached hydrogen (secondary N) is 2. The standard InChI is InChI=1S/C21H20N4O3/c1-14(26)15-7-9-17(10-8-15)25-20-13-22-18(12-23-20)21(27)24-11-16-5-3-4-6-19(16)28-2/h3-10,12-13H,11H2,1-2H3,(H,23,25)(H,24,27). The Morgan fingerprint density at radius 2 is 1.75 bits per heavy atom. The van der Waals surface area contributed by atoms with Gasteiger partial charge in [0.15, 0.2) is 5.78 Å². The summed E-state index contributed by atoms with van der Waals surface area (Å²) in [7, 11) is 1.59. The molecular weight excluding hydrogens is 356 g/mol. The second kappa shape index (κ2) is 8.77. The highest BCUT2D eigenvalue weighted by molar-refractivity contribution is 5.94. The Kier molecular flexibility index (Phi) is 5.96. The van der Waals surface area contributed by atoms with Crippen molar-refractivity contribution in [2.45, 2.75) is 13.5 Å². The van der Waals surface area contributed by atoms with E-state index in [4.69, 9.17) is 4.74 Å². The molecule has 0 aliphatic carbocycles. The lowest BCUT2D eigenvalue weighted by Crippen LogP contribution is -2.24. The zero-order valence-electron chi connectivity index (χ0n) is 15.6. The fourth-order valence-electron chi connectivity index (χ4n) is 2.56. The first-order valence-electron chi connectivity index (χ1n) is 8.67. The first-order valence-corrected chi connectivity index (χ1v) is 8.67. The zero-order chi connectivity index (χ0) is 19.9. The second-order valence-electron chi connectivity index (χ2n) is 6.04. The van der Waals surface area contributed by atoms with Gasteiger partial charge in [0, 0.05) is 23.4 Å². The first-order chi connectivity index (χ1) is 13.6. The van der Waals surface area contributed by atoms with Crippen LogP contribution < -0.4 is 15.4 Å². The summed E-state index contributed by atoms with van der Waals surface area (Å²) >= 11 is 0. The molecular formula is C21H20N4O3. The zero-order valence-corrected chi connectivity index (χ0v) is 15.6. The molecule has 0 bridgehead atoms. The number of anilines is 2. The SMILES string of the molecule is COc1ccccc1CNC(=O)c1cnc(Nc2ccc(C(C)=O)cc2)cn1. The Balaban J connectivity index is 1.60. The van der Waals surface area contributed by atoms with Crippen LogP contribution in [0.5, 0.6) is 5.75 Å². The number of rotatable bonds is 7. The second-order valence-corrected chi connectivity index (χ2v) is 6.04. The minimum atomic E-state index is -0.323. The highest BCUT2D eigenvalue weighted by atomic mass is 16.5. The molecule has 0 saturated carbocycles. The number of Topliss-reactive ketones (excluding diaryl/α,β-unsaturated/α-hetero) is 1. The fraction of sp³-hybridized carbons (Fsp3) is 0.143. The number of para-hydroxylation sites is 1. The summed E-state index contributed by atoms with van der Waals surface area (Å²) in [6.45, 7) is 1.85. The summed E-state index contributed by atoms with van der Waals surface area (Å²) in [5.41, 5.74) is 2.50. The number of hydrogen-bond acceptors (Lipinski definition) is 6. The summed E-state index contributed by atoms with van der Waals surface area (Å²) in [6, 6.07) is 14.5. The third-order valence-corrected chi connectivity index (χ3v) is 4.08. The van der Waals surface area contributed by atoms with Gasteiger partial charge in [-0.3, -0.25) is 9.59 Å². The number of nitrogens with zero attached hydrogens (tertiary/aromatic N) is 2. The summed E-state index contributed by atoms with van der Waals surface area (Å²) in [6.07, 6.45) is 2.89. The highest BCUT2D eigenvalue weighted by Crippen LogP contribution is 2.17. The van der Waals surface area contributed by atoms with Crippen molar-refractivity contribution in [3.05, 3.63) is 77.7 Å². The Labute approximate surface area is 162 Å². The van der Waals surface area contributed by atoms with Crippen molar-refractivity contribution < 1.29 is 14.3 Å². The van der Waals surface area contributed by atoms with Crippen LogP contribution in [0.4, 0.5) is 11.5 Å². The number of carbonyl (C=O) groups is 2. The molecule has 1 amide bonds. The molecule has 3 rings (SSSR count). The summed E-state index contributed by atoms with van der Waals surface area (Å²) in [5, 5.41) is 5.88. The maximum Gasteiger partial charge on any atom is 0.271 e. The van der Waals surface area contributed by atoms with E-state index in [9.17, 15) is 9.59 Å². The number of hydrogen-bond donors (Lipinski definition) is 2. The lowest BCUT2D eigenvalue weighted by atomic mass is 10.1. The number of ether oxygens (including phenoxy) is 1. The Morgan fingerprint density at radius 1 is 1.00 bits per heavy atom. The smallest absolute Gasteiger partial charge is 0.271 e. The molecule has 0 aliphatic rings. The van der Waals surface area contributed by atoms with Gasteiger partial charge in [-0.1, -0.05) is 18.2 Å². The molecule has 3 aromatic rings. The minimum Gasteiger partial charge on any atom is -0.496 e. The molecule has 0 atom stereocenters. The molecule has 0 unspecified atom stereocenters. The van der Waals surface area contributed by atoms with E-state index in [1.54, 1.807) is 31.4 Å². The predicted octanol–water partition coefficient (Wildman–Crippen LogP) is 3.36. The molecule has 142 valence electrons. The fourth-order valence-corrected chi connectivity index (χ4v) is 2.56. The Hall–Kier alpha value is -3.74. The quantitative estimate of drug-likeness (QED) is 0.614. The number of amides is 1. The summed E-state index contributed by atoms with van der Waals surface area (Å²) in [4.78, 5) is 32.0. The molecule has 7 heteroatoms. The maximum atomic E-state index is 12.3. The summed E-state index contributed by atoms with van der Waals surface area (Å²) < 4.78 is 5.27. The van der Waals surface area contributed by atoms with Gasteiger partial charge in [-0.05, 0) is 37.3 Å². The van der Waals surface area contributed by atoms with Crippen LogP contribution in [0, 0.1) is 0 Å². The van der Waals surface area contributed by atoms with Crippen molar-refractivity contribution in [1.29, 1.82) is 0 Å². The third-order valence-electron chi connectivity index (χ3n) is 4.08. The van der Waals surface area contributed by atoms with Crippen molar-refractivity contribution >= 4 is 23.2 Å². The van der Waals surface area contributed by atoms with Gasteiger partial charge in [0.25, 0.3) is 5.91 Å². The topological polar surface area (TPSA) is 93.2 Å². The average molecular weight is 376 g/mol. The highest BCUT2D eigenvalue weighted by Gasteiger charge is 2.10. The molecule has 0 saturated heterocycles. The summed E-state index contributed by atoms with van der Waals surface area (Å²) in [5.74, 6) is 0.895. The van der Waals surface area contributed by atoms with Gasteiger partial charge in [-0.25, -0.2) is 9.97 Å². The van der Waals surface area contributed by atoms with Crippen molar-refractivity contribution in [2.75, 3.05) is 12.4 Å². The van der Waals surface area contributed by atoms with Crippen LogP contribution in [0.1, 0.15) is 33.3 Å². The van der Waals surface area contributed by atoms with Crippen LogP contribution in [0.3, 0.4) is 0 Å². The molecule has 1 heterocycles. The van der Waals surface area contributed by atoms with Crippen molar-refractivity contribution in [2.24, 2.45) is 0 Å². The van der Waals surface area contributed by atoms with Gasteiger partial charge < -0.3 is 15.4 Å². The van der Waals surface area contributed by atoms with E-state index in [1.807, 2.05) is 24.3 Å². The number of methoxy groups -OCH3 is 1. The molecule has 2 aromatic carbocycles. The Bertz CT molecular complexity index is 970. The van der Waals surface area contributed by atoms with Gasteiger partial charge in [0.1, 0.15) is 17.3 Å². The van der Waals surface area contributed by atoms with E-state index in [-0.39, 0.29) is 17.4 Å². The first kappa shape index (κ1) is 19.0. The molecule has 0 radical (unpaired) electrons. The van der Waals surface area contributed by atoms with Crippen LogP contribution >= 0.6 is 0 Å². The van der Waals surface area contributed by atoms with Crippen LogP contribution in [0.2, 0.25) is 0 Å². The third kappa shape index (κ3) is 4.70. The molecule has 1 aromatic heterocycles. The molecule has 0 fully saturated rings. The Morgan fingerprint density at radius 3 is 2.39 bits per heavy atom. The largest absolute Gasteiger partial charge is 0.496 e. The molecule has 0 spiro atoms. The van der Waals surface area contributed by atoms with E-state index >= 15 is 0 Å². The van der Waals surface area contributed by atoms with Gasteiger partial charge in [-0.15, -0.1) is 0 Å². The minimum absolute atomic E-state index is 0.00910. The van der Waals surface area contributed by atoms with Crippen LogP contribution in [-0.4, -0.2) is 28.8 Å². The van der Waals surface area contributed by atoms with Crippen molar-refractivity contribution in [3.63, 3.8) is 0 Å². The van der Waals surface area contributed by atoms with E-state index < -0.39 is 0 Å². The van der Waals surface area contributed by atoms with E-state index in [1.165, 1.54) is 19.3 Å². The van der Waals surface area contributed by atoms with Crippen LogP contribution in [0.15, 0.2) is 60.9 Å². The molecule has 2 N–H and O–H groups in total. The van der Waals surface area contributed by atoms with Gasteiger partial charge in [-0.2, -0.15) is 0 Å². The van der Waals surface area contributed by atoms with E-state index in [2.05, 4.69) is 20.6 Å². The lowest BCUT2D eigenvalue weighted by molar-refractivity contribution is 0.0944. The van der Waals surface area contributed by atoms with Crippen molar-refractivity contribution in [3.8, 4) is 5.75 Å². The number of benzene rings is 2. The van der Waals surface area contributed by atoms with Crippen LogP contribution in [0.25, 0.3) is 0 Å². The van der Waals surface area contributed by atoms with E-state index in [0.717, 1.165) is 11.3 Å². The molecule has 7 nitrogen and oxygen atoms in total. The van der Waals surface area contributed by atoms with Crippen LogP contribution in [-0.2, 0) is 6.54 Å². The normalized spacial score (nSPS) is 10.2. The number of aromatic nitrogens is 2. The van der Waals surface area contributed by atoms with E-state index in [0.29, 0.717) is 23.7 Å².